The number of hydrogen-bond acceptors (Lipinski definition) is 4. The van der Waals surface area contributed by atoms with E-state index in [-0.39, 0.29) is 18.4 Å². The van der Waals surface area contributed by atoms with Crippen molar-refractivity contribution >= 4 is 17.5 Å². The second-order valence-electron chi connectivity index (χ2n) is 8.06. The highest BCUT2D eigenvalue weighted by Crippen LogP contribution is 2.29. The van der Waals surface area contributed by atoms with E-state index in [0.717, 1.165) is 37.2 Å². The molecule has 0 bridgehead atoms. The Kier molecular flexibility index (Phi) is 7.93. The van der Waals surface area contributed by atoms with Gasteiger partial charge in [0.2, 0.25) is 0 Å². The number of rotatable bonds is 8. The van der Waals surface area contributed by atoms with Crippen molar-refractivity contribution in [2.75, 3.05) is 31.6 Å². The van der Waals surface area contributed by atoms with Crippen molar-refractivity contribution in [3.8, 4) is 11.5 Å². The van der Waals surface area contributed by atoms with Crippen LogP contribution in [-0.2, 0) is 4.79 Å². The minimum Gasteiger partial charge on any atom is -0.490 e. The van der Waals surface area contributed by atoms with E-state index in [2.05, 4.69) is 19.2 Å². The number of carbonyl (C=O) groups is 2. The third kappa shape index (κ3) is 6.23. The van der Waals surface area contributed by atoms with Gasteiger partial charge in [-0.15, -0.1) is 0 Å². The van der Waals surface area contributed by atoms with E-state index < -0.39 is 0 Å². The number of benzene rings is 2. The van der Waals surface area contributed by atoms with Crippen LogP contribution in [0.5, 0.6) is 11.5 Å². The second kappa shape index (κ2) is 10.8. The van der Waals surface area contributed by atoms with Gasteiger partial charge >= 0.3 is 0 Å². The van der Waals surface area contributed by atoms with E-state index in [4.69, 9.17) is 9.47 Å². The van der Waals surface area contributed by atoms with E-state index in [0.29, 0.717) is 29.6 Å². The largest absolute Gasteiger partial charge is 0.490 e. The lowest BCUT2D eigenvalue weighted by molar-refractivity contribution is -0.134. The van der Waals surface area contributed by atoms with E-state index in [1.165, 1.54) is 6.42 Å². The SMILES string of the molecule is CCOc1cc(C(=O)Nc2cccc(C(C)C)c2)ccc1OCC(=O)N1CCCCC1. The summed E-state index contributed by atoms with van der Waals surface area (Å²) in [5, 5.41) is 2.94. The number of nitrogens with one attached hydrogen (secondary N) is 1. The van der Waals surface area contributed by atoms with Crippen molar-refractivity contribution < 1.29 is 19.1 Å². The van der Waals surface area contributed by atoms with Gasteiger partial charge in [0.1, 0.15) is 0 Å². The summed E-state index contributed by atoms with van der Waals surface area (Å²) in [5.74, 6) is 1.06. The topological polar surface area (TPSA) is 67.9 Å². The number of piperidine rings is 1. The first-order chi connectivity index (χ1) is 15.0. The Morgan fingerprint density at radius 1 is 1.00 bits per heavy atom. The van der Waals surface area contributed by atoms with Gasteiger partial charge in [0.25, 0.3) is 11.8 Å². The molecular formula is C25H32N2O4. The summed E-state index contributed by atoms with van der Waals surface area (Å²) in [7, 11) is 0. The maximum absolute atomic E-state index is 12.8. The molecule has 0 aromatic heterocycles. The lowest BCUT2D eigenvalue weighted by Gasteiger charge is -2.26. The van der Waals surface area contributed by atoms with Crippen LogP contribution in [0.4, 0.5) is 5.69 Å². The molecule has 1 fully saturated rings. The molecule has 6 nitrogen and oxygen atoms in total. The number of hydrogen-bond donors (Lipinski definition) is 1. The van der Waals surface area contributed by atoms with E-state index in [9.17, 15) is 9.59 Å². The van der Waals surface area contributed by atoms with Gasteiger partial charge < -0.3 is 19.7 Å². The summed E-state index contributed by atoms with van der Waals surface area (Å²) in [4.78, 5) is 27.0. The van der Waals surface area contributed by atoms with Crippen molar-refractivity contribution in [2.45, 2.75) is 46.0 Å². The van der Waals surface area contributed by atoms with Crippen molar-refractivity contribution in [1.82, 2.24) is 4.90 Å². The quantitative estimate of drug-likeness (QED) is 0.658. The summed E-state index contributed by atoms with van der Waals surface area (Å²) in [6.45, 7) is 8.07. The molecule has 0 atom stereocenters. The molecular weight excluding hydrogens is 392 g/mol. The predicted molar refractivity (Wildman–Crippen MR) is 122 cm³/mol. The number of ether oxygens (including phenoxy) is 2. The van der Waals surface area contributed by atoms with Gasteiger partial charge in [0.15, 0.2) is 18.1 Å². The van der Waals surface area contributed by atoms with E-state index in [1.807, 2.05) is 36.1 Å². The van der Waals surface area contributed by atoms with Crippen LogP contribution < -0.4 is 14.8 Å². The average molecular weight is 425 g/mol. The summed E-state index contributed by atoms with van der Waals surface area (Å²) >= 11 is 0. The molecule has 6 heteroatoms. The first-order valence-corrected chi connectivity index (χ1v) is 11.1. The minimum atomic E-state index is -0.224. The lowest BCUT2D eigenvalue weighted by Crippen LogP contribution is -2.38. The molecule has 1 aliphatic heterocycles. The normalized spacial score (nSPS) is 13.7. The van der Waals surface area contributed by atoms with Crippen LogP contribution in [0.2, 0.25) is 0 Å². The van der Waals surface area contributed by atoms with Crippen molar-refractivity contribution in [3.63, 3.8) is 0 Å². The molecule has 1 saturated heterocycles. The minimum absolute atomic E-state index is 0.0194. The summed E-state index contributed by atoms with van der Waals surface area (Å²) in [6.07, 6.45) is 3.25. The van der Waals surface area contributed by atoms with Gasteiger partial charge in [-0.2, -0.15) is 0 Å². The Balaban J connectivity index is 1.68. The van der Waals surface area contributed by atoms with Gasteiger partial charge in [-0.05, 0) is 68.0 Å². The molecule has 2 aromatic carbocycles. The summed E-state index contributed by atoms with van der Waals surface area (Å²) in [5.41, 5.74) is 2.38. The van der Waals surface area contributed by atoms with Crippen LogP contribution in [-0.4, -0.2) is 43.0 Å². The highest BCUT2D eigenvalue weighted by molar-refractivity contribution is 6.04. The molecule has 0 aliphatic carbocycles. The number of amides is 2. The molecule has 1 heterocycles. The number of anilines is 1. The molecule has 1 N–H and O–H groups in total. The van der Waals surface area contributed by atoms with Crippen molar-refractivity contribution in [3.05, 3.63) is 53.6 Å². The molecule has 0 radical (unpaired) electrons. The zero-order valence-corrected chi connectivity index (χ0v) is 18.6. The van der Waals surface area contributed by atoms with Gasteiger partial charge in [-0.1, -0.05) is 26.0 Å². The first-order valence-electron chi connectivity index (χ1n) is 11.1. The highest BCUT2D eigenvalue weighted by Gasteiger charge is 2.18. The molecule has 166 valence electrons. The Bertz CT molecular complexity index is 904. The lowest BCUT2D eigenvalue weighted by atomic mass is 10.0. The number of likely N-dealkylation sites (tertiary alicyclic amines) is 1. The highest BCUT2D eigenvalue weighted by atomic mass is 16.5. The first kappa shape index (κ1) is 22.7. The molecule has 0 spiro atoms. The third-order valence-corrected chi connectivity index (χ3v) is 5.38. The zero-order chi connectivity index (χ0) is 22.2. The Labute approximate surface area is 184 Å². The summed E-state index contributed by atoms with van der Waals surface area (Å²) < 4.78 is 11.4. The molecule has 0 saturated carbocycles. The van der Waals surface area contributed by atoms with Gasteiger partial charge in [-0.3, -0.25) is 9.59 Å². The van der Waals surface area contributed by atoms with E-state index in [1.54, 1.807) is 18.2 Å². The fourth-order valence-electron chi connectivity index (χ4n) is 3.59. The van der Waals surface area contributed by atoms with Gasteiger partial charge in [0.05, 0.1) is 6.61 Å². The zero-order valence-electron chi connectivity index (χ0n) is 18.6. The molecule has 3 rings (SSSR count). The van der Waals surface area contributed by atoms with Crippen LogP contribution in [0.3, 0.4) is 0 Å². The van der Waals surface area contributed by atoms with Gasteiger partial charge in [0, 0.05) is 24.3 Å². The van der Waals surface area contributed by atoms with E-state index >= 15 is 0 Å². The molecule has 2 amide bonds. The fraction of sp³-hybridized carbons (Fsp3) is 0.440. The molecule has 2 aromatic rings. The van der Waals surface area contributed by atoms with Crippen molar-refractivity contribution in [1.29, 1.82) is 0 Å². The standard InChI is InChI=1S/C25H32N2O4/c1-4-30-23-16-20(25(29)26-21-10-8-9-19(15-21)18(2)3)11-12-22(23)31-17-24(28)27-13-6-5-7-14-27/h8-12,15-16,18H,4-7,13-14,17H2,1-3H3,(H,26,29). The predicted octanol–water partition coefficient (Wildman–Crippen LogP) is 4.85. The Morgan fingerprint density at radius 2 is 1.77 bits per heavy atom. The number of nitrogens with zero attached hydrogens (tertiary/aromatic N) is 1. The number of carbonyl (C=O) groups excluding carboxylic acids is 2. The Hall–Kier alpha value is -3.02. The van der Waals surface area contributed by atoms with Gasteiger partial charge in [-0.25, -0.2) is 0 Å². The van der Waals surface area contributed by atoms with Crippen LogP contribution in [0.1, 0.15) is 61.9 Å². The fourth-order valence-corrected chi connectivity index (χ4v) is 3.59. The molecule has 0 unspecified atom stereocenters. The summed E-state index contributed by atoms with van der Waals surface area (Å²) in [6, 6.07) is 12.9. The monoisotopic (exact) mass is 424 g/mol. The van der Waals surface area contributed by atoms with Crippen LogP contribution in [0.15, 0.2) is 42.5 Å². The second-order valence-corrected chi connectivity index (χ2v) is 8.06. The van der Waals surface area contributed by atoms with Crippen LogP contribution in [0, 0.1) is 0 Å². The maximum atomic E-state index is 12.8. The molecule has 1 aliphatic rings. The Morgan fingerprint density at radius 3 is 2.48 bits per heavy atom. The maximum Gasteiger partial charge on any atom is 0.260 e. The third-order valence-electron chi connectivity index (χ3n) is 5.38. The van der Waals surface area contributed by atoms with Crippen LogP contribution >= 0.6 is 0 Å². The average Bonchev–Trinajstić information content (AvgIpc) is 2.79. The van der Waals surface area contributed by atoms with Crippen molar-refractivity contribution in [2.24, 2.45) is 0 Å². The molecule has 31 heavy (non-hydrogen) atoms. The smallest absolute Gasteiger partial charge is 0.260 e. The van der Waals surface area contributed by atoms with Crippen LogP contribution in [0.25, 0.3) is 0 Å².